The number of methoxy groups -OCH3 is 2. The van der Waals surface area contributed by atoms with Crippen LogP contribution in [0.25, 0.3) is 0 Å². The maximum absolute atomic E-state index is 10.7. The first-order valence-corrected chi connectivity index (χ1v) is 4.79. The maximum Gasteiger partial charge on any atom is 0.206 e. The van der Waals surface area contributed by atoms with E-state index in [0.29, 0.717) is 6.29 Å². The van der Waals surface area contributed by atoms with Crippen LogP contribution in [0.3, 0.4) is 0 Å². The number of carbonyl (C=O) groups is 1. The highest BCUT2D eigenvalue weighted by Crippen LogP contribution is 2.38. The third kappa shape index (κ3) is 3.33. The summed E-state index contributed by atoms with van der Waals surface area (Å²) in [5, 5.41) is 9.76. The van der Waals surface area contributed by atoms with Crippen LogP contribution in [0.2, 0.25) is 0 Å². The van der Waals surface area contributed by atoms with E-state index in [0.717, 1.165) is 0 Å². The van der Waals surface area contributed by atoms with Crippen LogP contribution < -0.4 is 9.47 Å². The van der Waals surface area contributed by atoms with Gasteiger partial charge in [0.2, 0.25) is 5.75 Å². The molecular formula is C11H14O6. The normalized spacial score (nSPS) is 10.0. The van der Waals surface area contributed by atoms with Crippen LogP contribution in [-0.2, 0) is 9.47 Å². The summed E-state index contributed by atoms with van der Waals surface area (Å²) in [5.41, 5.74) is 0.112. The molecule has 94 valence electrons. The second kappa shape index (κ2) is 6.72. The number of hydrogen-bond acceptors (Lipinski definition) is 6. The largest absolute Gasteiger partial charge is 0.504 e. The fourth-order valence-electron chi connectivity index (χ4n) is 1.16. The molecule has 0 unspecified atom stereocenters. The summed E-state index contributed by atoms with van der Waals surface area (Å²) in [4.78, 5) is 10.7. The van der Waals surface area contributed by atoms with Gasteiger partial charge in [-0.1, -0.05) is 0 Å². The van der Waals surface area contributed by atoms with Crippen LogP contribution in [0.15, 0.2) is 12.1 Å². The predicted molar refractivity (Wildman–Crippen MR) is 58.5 cm³/mol. The van der Waals surface area contributed by atoms with Gasteiger partial charge in [0, 0.05) is 14.2 Å². The monoisotopic (exact) mass is 242 g/mol. The number of ether oxygens (including phenoxy) is 4. The van der Waals surface area contributed by atoms with E-state index in [1.54, 1.807) is 0 Å². The zero-order valence-corrected chi connectivity index (χ0v) is 9.63. The van der Waals surface area contributed by atoms with Gasteiger partial charge in [-0.25, -0.2) is 0 Å². The van der Waals surface area contributed by atoms with Crippen molar-refractivity contribution >= 4 is 6.29 Å². The van der Waals surface area contributed by atoms with E-state index in [9.17, 15) is 9.90 Å². The molecule has 0 heterocycles. The molecule has 0 spiro atoms. The first kappa shape index (κ1) is 13.3. The molecule has 6 nitrogen and oxygen atoms in total. The van der Waals surface area contributed by atoms with E-state index in [-0.39, 0.29) is 36.4 Å². The molecule has 0 radical (unpaired) electrons. The van der Waals surface area contributed by atoms with Gasteiger partial charge >= 0.3 is 0 Å². The molecule has 1 N–H and O–H groups in total. The molecule has 0 bridgehead atoms. The summed E-state index contributed by atoms with van der Waals surface area (Å²) in [6.07, 6.45) is 0.523. The van der Waals surface area contributed by atoms with Crippen LogP contribution in [0.5, 0.6) is 17.2 Å². The van der Waals surface area contributed by atoms with Gasteiger partial charge in [-0.05, 0) is 12.1 Å². The standard InChI is InChI=1S/C11H14O6/c1-14-6-16-9-4-3-8(5-12)10(13)11(9)17-7-15-2/h3-5,13H,6-7H2,1-2H3. The Balaban J connectivity index is 3.01. The summed E-state index contributed by atoms with van der Waals surface area (Å²) in [5.74, 6) is 0.0335. The molecule has 0 aliphatic heterocycles. The first-order valence-electron chi connectivity index (χ1n) is 4.79. The third-order valence-electron chi connectivity index (χ3n) is 1.91. The Kier molecular flexibility index (Phi) is 5.25. The number of rotatable bonds is 7. The van der Waals surface area contributed by atoms with Gasteiger partial charge in [0.15, 0.2) is 31.4 Å². The smallest absolute Gasteiger partial charge is 0.206 e. The molecule has 1 aromatic carbocycles. The van der Waals surface area contributed by atoms with E-state index in [2.05, 4.69) is 0 Å². The molecule has 0 atom stereocenters. The topological polar surface area (TPSA) is 74.2 Å². The maximum atomic E-state index is 10.7. The molecule has 6 heteroatoms. The minimum absolute atomic E-state index is 0.00319. The van der Waals surface area contributed by atoms with Gasteiger partial charge in [-0.2, -0.15) is 0 Å². The quantitative estimate of drug-likeness (QED) is 0.571. The van der Waals surface area contributed by atoms with Gasteiger partial charge in [0.1, 0.15) is 0 Å². The van der Waals surface area contributed by atoms with E-state index < -0.39 is 0 Å². The van der Waals surface area contributed by atoms with Crippen molar-refractivity contribution in [3.8, 4) is 17.2 Å². The molecule has 17 heavy (non-hydrogen) atoms. The van der Waals surface area contributed by atoms with Crippen molar-refractivity contribution < 1.29 is 28.8 Å². The van der Waals surface area contributed by atoms with Crippen molar-refractivity contribution in [1.82, 2.24) is 0 Å². The Morgan fingerprint density at radius 2 is 1.82 bits per heavy atom. The zero-order valence-electron chi connectivity index (χ0n) is 9.63. The molecule has 0 saturated carbocycles. The van der Waals surface area contributed by atoms with Crippen LogP contribution in [-0.4, -0.2) is 39.2 Å². The van der Waals surface area contributed by atoms with Crippen molar-refractivity contribution in [3.05, 3.63) is 17.7 Å². The highest BCUT2D eigenvalue weighted by atomic mass is 16.7. The lowest BCUT2D eigenvalue weighted by Gasteiger charge is -2.13. The van der Waals surface area contributed by atoms with Gasteiger partial charge in [-0.3, -0.25) is 4.79 Å². The molecule has 0 fully saturated rings. The molecule has 0 aliphatic rings. The van der Waals surface area contributed by atoms with Gasteiger partial charge in [0.05, 0.1) is 5.56 Å². The number of phenolic OH excluding ortho intramolecular Hbond substituents is 1. The van der Waals surface area contributed by atoms with Crippen LogP contribution in [0, 0.1) is 0 Å². The second-order valence-corrected chi connectivity index (χ2v) is 3.05. The van der Waals surface area contributed by atoms with Crippen LogP contribution >= 0.6 is 0 Å². The Morgan fingerprint density at radius 1 is 1.18 bits per heavy atom. The fourth-order valence-corrected chi connectivity index (χ4v) is 1.16. The Labute approximate surface area is 98.7 Å². The van der Waals surface area contributed by atoms with E-state index in [4.69, 9.17) is 18.9 Å². The number of benzene rings is 1. The fraction of sp³-hybridized carbons (Fsp3) is 0.364. The Hall–Kier alpha value is -1.79. The molecule has 0 amide bonds. The van der Waals surface area contributed by atoms with Crippen molar-refractivity contribution in [2.45, 2.75) is 0 Å². The van der Waals surface area contributed by atoms with Crippen LogP contribution in [0.1, 0.15) is 10.4 Å². The van der Waals surface area contributed by atoms with Gasteiger partial charge in [-0.15, -0.1) is 0 Å². The number of hydrogen-bond donors (Lipinski definition) is 1. The first-order chi connectivity index (χ1) is 8.24. The highest BCUT2D eigenvalue weighted by Gasteiger charge is 2.15. The van der Waals surface area contributed by atoms with Gasteiger partial charge < -0.3 is 24.1 Å². The minimum atomic E-state index is -0.286. The lowest BCUT2D eigenvalue weighted by molar-refractivity contribution is 0.0307. The lowest BCUT2D eigenvalue weighted by Crippen LogP contribution is -2.05. The average Bonchev–Trinajstić information content (AvgIpc) is 2.35. The summed E-state index contributed by atoms with van der Waals surface area (Å²) in [7, 11) is 2.91. The molecular weight excluding hydrogens is 228 g/mol. The number of phenols is 1. The minimum Gasteiger partial charge on any atom is -0.504 e. The zero-order chi connectivity index (χ0) is 12.7. The number of carbonyl (C=O) groups excluding carboxylic acids is 1. The highest BCUT2D eigenvalue weighted by molar-refractivity contribution is 5.82. The van der Waals surface area contributed by atoms with Crippen LogP contribution in [0.4, 0.5) is 0 Å². The van der Waals surface area contributed by atoms with E-state index in [1.807, 2.05) is 0 Å². The number of aromatic hydroxyl groups is 1. The SMILES string of the molecule is COCOc1ccc(C=O)c(O)c1OCOC. The predicted octanol–water partition coefficient (Wildman–Crippen LogP) is 1.17. The summed E-state index contributed by atoms with van der Waals surface area (Å²) in [6, 6.07) is 2.93. The van der Waals surface area contributed by atoms with Gasteiger partial charge in [0.25, 0.3) is 0 Å². The van der Waals surface area contributed by atoms with E-state index in [1.165, 1.54) is 26.4 Å². The third-order valence-corrected chi connectivity index (χ3v) is 1.91. The summed E-state index contributed by atoms with van der Waals surface area (Å²) < 4.78 is 19.8. The molecule has 0 aliphatic carbocycles. The molecule has 0 aromatic heterocycles. The second-order valence-electron chi connectivity index (χ2n) is 3.05. The lowest BCUT2D eigenvalue weighted by atomic mass is 10.2. The molecule has 0 saturated heterocycles. The Morgan fingerprint density at radius 3 is 2.41 bits per heavy atom. The molecule has 1 aromatic rings. The summed E-state index contributed by atoms with van der Waals surface area (Å²) >= 11 is 0. The summed E-state index contributed by atoms with van der Waals surface area (Å²) in [6.45, 7) is -0.0670. The van der Waals surface area contributed by atoms with Crippen molar-refractivity contribution in [2.75, 3.05) is 27.8 Å². The number of aldehydes is 1. The van der Waals surface area contributed by atoms with Crippen molar-refractivity contribution in [3.63, 3.8) is 0 Å². The Bertz CT molecular complexity index is 376. The van der Waals surface area contributed by atoms with Crippen molar-refractivity contribution in [1.29, 1.82) is 0 Å². The average molecular weight is 242 g/mol. The van der Waals surface area contributed by atoms with Crippen molar-refractivity contribution in [2.24, 2.45) is 0 Å². The van der Waals surface area contributed by atoms with E-state index >= 15 is 0 Å². The molecule has 1 rings (SSSR count).